The lowest BCUT2D eigenvalue weighted by Crippen LogP contribution is -1.99. The lowest BCUT2D eigenvalue weighted by molar-refractivity contribution is -0.140. The summed E-state index contributed by atoms with van der Waals surface area (Å²) in [6, 6.07) is 0. The zero-order valence-electron chi connectivity index (χ0n) is 12.6. The second-order valence-corrected chi connectivity index (χ2v) is 6.34. The van der Waals surface area contributed by atoms with Crippen molar-refractivity contribution in [3.05, 3.63) is 0 Å². The van der Waals surface area contributed by atoms with Crippen molar-refractivity contribution in [2.45, 2.75) is 83.5 Å². The van der Waals surface area contributed by atoms with Crippen LogP contribution >= 0.6 is 22.6 Å². The highest BCUT2D eigenvalue weighted by atomic mass is 127. The van der Waals surface area contributed by atoms with Crippen LogP contribution in [-0.4, -0.2) is 17.5 Å². The summed E-state index contributed by atoms with van der Waals surface area (Å²) in [5.41, 5.74) is 0. The van der Waals surface area contributed by atoms with E-state index in [0.717, 1.165) is 6.42 Å². The molecule has 0 aromatic rings. The Bertz CT molecular complexity index is 195. The fourth-order valence-corrected chi connectivity index (χ4v) is 2.77. The average Bonchev–Trinajstić information content (AvgIpc) is 2.43. The van der Waals surface area contributed by atoms with Crippen LogP contribution < -0.4 is 0 Å². The van der Waals surface area contributed by atoms with Gasteiger partial charge in [0.05, 0.1) is 7.11 Å². The van der Waals surface area contributed by atoms with Gasteiger partial charge in [-0.25, -0.2) is 0 Å². The second-order valence-electron chi connectivity index (χ2n) is 5.26. The number of rotatable bonds is 14. The number of carbonyl (C=O) groups excluding carboxylic acids is 1. The molecule has 0 radical (unpaired) electrons. The van der Waals surface area contributed by atoms with Gasteiger partial charge in [0.2, 0.25) is 0 Å². The van der Waals surface area contributed by atoms with E-state index in [1.54, 1.807) is 0 Å². The first-order valence-corrected chi connectivity index (χ1v) is 9.46. The molecule has 0 saturated carbocycles. The molecule has 0 amide bonds. The predicted molar refractivity (Wildman–Crippen MR) is 90.9 cm³/mol. The van der Waals surface area contributed by atoms with Gasteiger partial charge in [0, 0.05) is 6.42 Å². The van der Waals surface area contributed by atoms with Crippen LogP contribution in [0.15, 0.2) is 0 Å². The average molecular weight is 382 g/mol. The molecule has 0 saturated heterocycles. The third kappa shape index (κ3) is 16.1. The zero-order valence-corrected chi connectivity index (χ0v) is 14.8. The quantitative estimate of drug-likeness (QED) is 0.168. The first kappa shape index (κ1) is 19.2. The molecule has 0 aromatic carbocycles. The summed E-state index contributed by atoms with van der Waals surface area (Å²) < 4.78 is 5.93. The molecular weight excluding hydrogens is 351 g/mol. The molecule has 0 aromatic heterocycles. The van der Waals surface area contributed by atoms with Crippen molar-refractivity contribution in [3.63, 3.8) is 0 Å². The molecule has 0 aliphatic rings. The van der Waals surface area contributed by atoms with Crippen LogP contribution in [0.4, 0.5) is 0 Å². The zero-order chi connectivity index (χ0) is 14.2. The van der Waals surface area contributed by atoms with Crippen molar-refractivity contribution in [2.75, 3.05) is 11.5 Å². The highest BCUT2D eigenvalue weighted by Gasteiger charge is 1.99. The Morgan fingerprint density at radius 3 is 1.47 bits per heavy atom. The maximum Gasteiger partial charge on any atom is 0.305 e. The Balaban J connectivity index is 2.97. The van der Waals surface area contributed by atoms with E-state index in [0.29, 0.717) is 6.42 Å². The van der Waals surface area contributed by atoms with Gasteiger partial charge in [-0.1, -0.05) is 86.8 Å². The SMILES string of the molecule is COC(=O)CCCCCCCCCCCCCCI. The number of carbonyl (C=O) groups is 1. The Kier molecular flexibility index (Phi) is 16.4. The van der Waals surface area contributed by atoms with Gasteiger partial charge in [-0.2, -0.15) is 0 Å². The Hall–Kier alpha value is 0.200. The molecule has 0 unspecified atom stereocenters. The number of ether oxygens (including phenoxy) is 1. The molecule has 0 atom stereocenters. The molecule has 0 aliphatic carbocycles. The van der Waals surface area contributed by atoms with Gasteiger partial charge < -0.3 is 4.74 Å². The minimum absolute atomic E-state index is 0.0671. The van der Waals surface area contributed by atoms with E-state index in [1.807, 2.05) is 0 Å². The Morgan fingerprint density at radius 1 is 0.737 bits per heavy atom. The summed E-state index contributed by atoms with van der Waals surface area (Å²) in [5, 5.41) is 0. The van der Waals surface area contributed by atoms with Crippen molar-refractivity contribution in [3.8, 4) is 0 Å². The van der Waals surface area contributed by atoms with Gasteiger partial charge >= 0.3 is 5.97 Å². The van der Waals surface area contributed by atoms with Gasteiger partial charge in [0.25, 0.3) is 0 Å². The standard InChI is InChI=1S/C16H31IO2/c1-19-16(18)14-12-10-8-6-4-2-3-5-7-9-11-13-15-17/h2-15H2,1H3. The Labute approximate surface area is 133 Å². The van der Waals surface area contributed by atoms with Crippen LogP contribution in [0.25, 0.3) is 0 Å². The van der Waals surface area contributed by atoms with Crippen molar-refractivity contribution in [1.82, 2.24) is 0 Å². The van der Waals surface area contributed by atoms with Crippen LogP contribution in [0.5, 0.6) is 0 Å². The number of hydrogen-bond acceptors (Lipinski definition) is 2. The van der Waals surface area contributed by atoms with Gasteiger partial charge in [-0.15, -0.1) is 0 Å². The number of esters is 1. The minimum Gasteiger partial charge on any atom is -0.469 e. The van der Waals surface area contributed by atoms with Crippen LogP contribution in [-0.2, 0) is 9.53 Å². The van der Waals surface area contributed by atoms with Gasteiger partial charge in [-0.3, -0.25) is 4.79 Å². The van der Waals surface area contributed by atoms with E-state index in [-0.39, 0.29) is 5.97 Å². The summed E-state index contributed by atoms with van der Waals surface area (Å²) in [6.07, 6.45) is 16.6. The molecule has 0 fully saturated rings. The fourth-order valence-electron chi connectivity index (χ4n) is 2.23. The molecule has 114 valence electrons. The van der Waals surface area contributed by atoms with Crippen molar-refractivity contribution >= 4 is 28.6 Å². The third-order valence-corrected chi connectivity index (χ3v) is 4.25. The molecule has 0 heterocycles. The lowest BCUT2D eigenvalue weighted by atomic mass is 10.0. The molecule has 0 rings (SSSR count). The predicted octanol–water partition coefficient (Wildman–Crippen LogP) is 5.67. The summed E-state index contributed by atoms with van der Waals surface area (Å²) in [4.78, 5) is 10.9. The summed E-state index contributed by atoms with van der Waals surface area (Å²) in [5.74, 6) is -0.0671. The highest BCUT2D eigenvalue weighted by molar-refractivity contribution is 14.1. The molecule has 0 N–H and O–H groups in total. The first-order chi connectivity index (χ1) is 9.31. The maximum absolute atomic E-state index is 10.9. The monoisotopic (exact) mass is 382 g/mol. The van der Waals surface area contributed by atoms with E-state index >= 15 is 0 Å². The molecule has 2 nitrogen and oxygen atoms in total. The number of unbranched alkanes of at least 4 members (excludes halogenated alkanes) is 11. The fraction of sp³-hybridized carbons (Fsp3) is 0.938. The second kappa shape index (κ2) is 16.3. The van der Waals surface area contributed by atoms with E-state index in [4.69, 9.17) is 0 Å². The molecule has 19 heavy (non-hydrogen) atoms. The summed E-state index contributed by atoms with van der Waals surface area (Å²) in [7, 11) is 1.46. The highest BCUT2D eigenvalue weighted by Crippen LogP contribution is 2.12. The van der Waals surface area contributed by atoms with Crippen molar-refractivity contribution < 1.29 is 9.53 Å². The maximum atomic E-state index is 10.9. The van der Waals surface area contributed by atoms with Crippen LogP contribution in [0.3, 0.4) is 0 Å². The van der Waals surface area contributed by atoms with Crippen LogP contribution in [0, 0.1) is 0 Å². The van der Waals surface area contributed by atoms with E-state index in [2.05, 4.69) is 27.3 Å². The van der Waals surface area contributed by atoms with E-state index < -0.39 is 0 Å². The Morgan fingerprint density at radius 2 is 1.11 bits per heavy atom. The number of halogens is 1. The molecule has 0 aliphatic heterocycles. The van der Waals surface area contributed by atoms with Gasteiger partial charge in [-0.05, 0) is 17.3 Å². The largest absolute Gasteiger partial charge is 0.469 e. The number of methoxy groups -OCH3 is 1. The minimum atomic E-state index is -0.0671. The van der Waals surface area contributed by atoms with E-state index in [9.17, 15) is 4.79 Å². The van der Waals surface area contributed by atoms with Gasteiger partial charge in [0.1, 0.15) is 0 Å². The molecular formula is C16H31IO2. The topological polar surface area (TPSA) is 26.3 Å². The number of alkyl halides is 1. The smallest absolute Gasteiger partial charge is 0.305 e. The molecule has 0 spiro atoms. The van der Waals surface area contributed by atoms with Crippen molar-refractivity contribution in [2.24, 2.45) is 0 Å². The summed E-state index contributed by atoms with van der Waals surface area (Å²) >= 11 is 2.46. The normalized spacial score (nSPS) is 10.6. The number of hydrogen-bond donors (Lipinski definition) is 0. The molecule has 0 bridgehead atoms. The first-order valence-electron chi connectivity index (χ1n) is 7.94. The van der Waals surface area contributed by atoms with Crippen LogP contribution in [0.1, 0.15) is 83.5 Å². The molecule has 3 heteroatoms. The van der Waals surface area contributed by atoms with E-state index in [1.165, 1.54) is 82.2 Å². The van der Waals surface area contributed by atoms with Crippen LogP contribution in [0.2, 0.25) is 0 Å². The summed E-state index contributed by atoms with van der Waals surface area (Å²) in [6.45, 7) is 0. The van der Waals surface area contributed by atoms with Gasteiger partial charge in [0.15, 0.2) is 0 Å². The third-order valence-electron chi connectivity index (χ3n) is 3.49. The van der Waals surface area contributed by atoms with Crippen molar-refractivity contribution in [1.29, 1.82) is 0 Å². The lowest BCUT2D eigenvalue weighted by Gasteiger charge is -2.02.